The van der Waals surface area contributed by atoms with E-state index in [1.165, 1.54) is 11.3 Å². The minimum Gasteiger partial charge on any atom is -0.444 e. The van der Waals surface area contributed by atoms with Crippen molar-refractivity contribution in [2.45, 2.75) is 89.5 Å². The van der Waals surface area contributed by atoms with Gasteiger partial charge in [0.1, 0.15) is 5.60 Å². The zero-order chi connectivity index (χ0) is 26.7. The minimum atomic E-state index is -0.494. The summed E-state index contributed by atoms with van der Waals surface area (Å²) in [5, 5.41) is 10.5. The molecule has 0 unspecified atom stereocenters. The smallest absolute Gasteiger partial charge is 0.410 e. The van der Waals surface area contributed by atoms with E-state index in [2.05, 4.69) is 28.1 Å². The molecule has 3 aromatic rings. The number of hydrogen-bond donors (Lipinski definition) is 1. The zero-order valence-corrected chi connectivity index (χ0v) is 24.0. The maximum absolute atomic E-state index is 13.2. The van der Waals surface area contributed by atoms with Gasteiger partial charge in [-0.3, -0.25) is 4.98 Å². The Morgan fingerprint density at radius 3 is 2.84 bits per heavy atom. The Hall–Kier alpha value is -2.35. The molecule has 2 atom stereocenters. The quantitative estimate of drug-likeness (QED) is 0.372. The van der Waals surface area contributed by atoms with Gasteiger partial charge in [-0.1, -0.05) is 11.6 Å². The highest BCUT2D eigenvalue weighted by Crippen LogP contribution is 2.50. The molecule has 1 saturated carbocycles. The second-order valence-corrected chi connectivity index (χ2v) is 13.6. The number of carbonyl (C=O) groups excluding carboxylic acids is 1. The maximum atomic E-state index is 13.2. The fraction of sp³-hybridized carbons (Fsp3) is 0.533. The third-order valence-electron chi connectivity index (χ3n) is 8.40. The van der Waals surface area contributed by atoms with Crippen LogP contribution in [0.3, 0.4) is 0 Å². The van der Waals surface area contributed by atoms with Gasteiger partial charge >= 0.3 is 6.09 Å². The number of hydrogen-bond acceptors (Lipinski definition) is 6. The molecule has 4 heterocycles. The summed E-state index contributed by atoms with van der Waals surface area (Å²) in [6.07, 6.45) is 8.88. The van der Waals surface area contributed by atoms with Gasteiger partial charge in [0, 0.05) is 57.6 Å². The number of amides is 1. The number of thiophene rings is 1. The van der Waals surface area contributed by atoms with Gasteiger partial charge in [-0.25, -0.2) is 4.79 Å². The number of pyridine rings is 1. The normalized spacial score (nSPS) is 23.4. The molecule has 0 radical (unpaired) electrons. The third kappa shape index (κ3) is 4.56. The molecule has 3 aliphatic rings. The van der Waals surface area contributed by atoms with Crippen molar-refractivity contribution in [3.05, 3.63) is 45.9 Å². The van der Waals surface area contributed by atoms with E-state index in [0.29, 0.717) is 6.04 Å². The van der Waals surface area contributed by atoms with Gasteiger partial charge in [0.2, 0.25) is 0 Å². The fourth-order valence-electron chi connectivity index (χ4n) is 6.94. The number of aliphatic hydroxyl groups is 1. The van der Waals surface area contributed by atoms with Gasteiger partial charge in [-0.15, -0.1) is 11.3 Å². The monoisotopic (exact) mass is 553 g/mol. The number of anilines is 1. The molecule has 2 aromatic heterocycles. The van der Waals surface area contributed by atoms with Gasteiger partial charge < -0.3 is 19.6 Å². The molecule has 1 aromatic carbocycles. The van der Waals surface area contributed by atoms with Gasteiger partial charge in [0.05, 0.1) is 16.8 Å². The number of benzene rings is 1. The van der Waals surface area contributed by atoms with Crippen LogP contribution in [0, 0.1) is 0 Å². The summed E-state index contributed by atoms with van der Waals surface area (Å²) in [4.78, 5) is 23.3. The van der Waals surface area contributed by atoms with Crippen molar-refractivity contribution in [3.63, 3.8) is 0 Å². The molecule has 202 valence electrons. The number of fused-ring (bicyclic) bond motifs is 2. The SMILES string of the molecule is CC(C)(C)OC(=O)N1CCC[C@]12CC[C@@H](N1CCCc3cc(Cl)cc(-c4ccnc5cc(CO)sc45)c31)C2. The number of ether oxygens (including phenoxy) is 1. The van der Waals surface area contributed by atoms with E-state index in [9.17, 15) is 9.90 Å². The molecule has 1 aliphatic carbocycles. The predicted molar refractivity (Wildman–Crippen MR) is 154 cm³/mol. The molecule has 6 nitrogen and oxygen atoms in total. The molecule has 1 spiro atoms. The van der Waals surface area contributed by atoms with E-state index in [1.807, 2.05) is 37.9 Å². The van der Waals surface area contributed by atoms with E-state index < -0.39 is 5.60 Å². The predicted octanol–water partition coefficient (Wildman–Crippen LogP) is 7.18. The summed E-state index contributed by atoms with van der Waals surface area (Å²) in [5.41, 5.74) is 5.12. The van der Waals surface area contributed by atoms with Crippen LogP contribution in [0.15, 0.2) is 30.5 Å². The lowest BCUT2D eigenvalue weighted by atomic mass is 9.91. The van der Waals surface area contributed by atoms with Crippen LogP contribution in [0.5, 0.6) is 0 Å². The number of rotatable bonds is 3. The number of halogens is 1. The van der Waals surface area contributed by atoms with E-state index in [1.54, 1.807) is 11.3 Å². The lowest BCUT2D eigenvalue weighted by Gasteiger charge is -2.40. The van der Waals surface area contributed by atoms with Crippen molar-refractivity contribution < 1.29 is 14.6 Å². The summed E-state index contributed by atoms with van der Waals surface area (Å²) >= 11 is 8.30. The average molecular weight is 554 g/mol. The molecule has 38 heavy (non-hydrogen) atoms. The molecule has 1 amide bonds. The zero-order valence-electron chi connectivity index (χ0n) is 22.4. The van der Waals surface area contributed by atoms with Crippen LogP contribution in [0.1, 0.15) is 69.7 Å². The van der Waals surface area contributed by atoms with Gasteiger partial charge in [0.25, 0.3) is 0 Å². The lowest BCUT2D eigenvalue weighted by molar-refractivity contribution is 0.00857. The first-order chi connectivity index (χ1) is 18.2. The van der Waals surface area contributed by atoms with Crippen molar-refractivity contribution in [1.82, 2.24) is 9.88 Å². The van der Waals surface area contributed by atoms with Crippen molar-refractivity contribution >= 4 is 44.9 Å². The van der Waals surface area contributed by atoms with E-state index in [0.717, 1.165) is 89.3 Å². The second kappa shape index (κ2) is 9.68. The van der Waals surface area contributed by atoms with E-state index >= 15 is 0 Å². The summed E-state index contributed by atoms with van der Waals surface area (Å²) in [6.45, 7) is 7.61. The Bertz CT molecular complexity index is 1380. The Balaban J connectivity index is 1.37. The summed E-state index contributed by atoms with van der Waals surface area (Å²) in [6, 6.07) is 8.64. The van der Waals surface area contributed by atoms with Crippen LogP contribution in [0.2, 0.25) is 5.02 Å². The molecule has 8 heteroatoms. The van der Waals surface area contributed by atoms with Crippen molar-refractivity contribution in [2.75, 3.05) is 18.0 Å². The number of aromatic nitrogens is 1. The summed E-state index contributed by atoms with van der Waals surface area (Å²) < 4.78 is 6.91. The highest BCUT2D eigenvalue weighted by Gasteiger charge is 2.51. The molecule has 2 aliphatic heterocycles. The highest BCUT2D eigenvalue weighted by atomic mass is 35.5. The number of nitrogens with zero attached hydrogens (tertiary/aromatic N) is 3. The van der Waals surface area contributed by atoms with E-state index in [-0.39, 0.29) is 18.2 Å². The standard InChI is InChI=1S/C30H36ClN3O3S/c1-29(2,3)37-28(36)34-13-5-9-30(34)10-7-21(17-30)33-12-4-6-19-14-20(31)15-24(26(19)33)23-8-11-32-25-16-22(18-35)38-27(23)25/h8,11,14-16,21,35H,4-7,9-10,12-13,17-18H2,1-3H3/t21-,30-/m1/s1. The molecule has 1 saturated heterocycles. The number of aliphatic hydroxyl groups excluding tert-OH is 1. The van der Waals surface area contributed by atoms with Gasteiger partial charge in [-0.2, -0.15) is 0 Å². The Kier molecular flexibility index (Phi) is 6.60. The minimum absolute atomic E-state index is 0.0125. The second-order valence-electron chi connectivity index (χ2n) is 12.1. The first-order valence-electron chi connectivity index (χ1n) is 13.8. The van der Waals surface area contributed by atoms with Crippen LogP contribution < -0.4 is 4.90 Å². The third-order valence-corrected chi connectivity index (χ3v) is 9.77. The van der Waals surface area contributed by atoms with Gasteiger partial charge in [0.15, 0.2) is 0 Å². The van der Waals surface area contributed by atoms with Crippen molar-refractivity contribution in [3.8, 4) is 11.1 Å². The first-order valence-corrected chi connectivity index (χ1v) is 15.0. The molecule has 6 rings (SSSR count). The van der Waals surface area contributed by atoms with Crippen LogP contribution in [0.25, 0.3) is 21.3 Å². The molecule has 0 bridgehead atoms. The van der Waals surface area contributed by atoms with Gasteiger partial charge in [-0.05, 0) is 95.5 Å². The highest BCUT2D eigenvalue weighted by molar-refractivity contribution is 7.19. The largest absolute Gasteiger partial charge is 0.444 e. The summed E-state index contributed by atoms with van der Waals surface area (Å²) in [5.74, 6) is 0. The number of carbonyl (C=O) groups is 1. The molecule has 2 fully saturated rings. The van der Waals surface area contributed by atoms with Crippen LogP contribution in [-0.2, 0) is 17.8 Å². The van der Waals surface area contributed by atoms with Crippen molar-refractivity contribution in [2.24, 2.45) is 0 Å². The number of likely N-dealkylation sites (tertiary alicyclic amines) is 1. The Morgan fingerprint density at radius 1 is 1.21 bits per heavy atom. The number of aryl methyl sites for hydroxylation is 1. The van der Waals surface area contributed by atoms with Crippen LogP contribution >= 0.6 is 22.9 Å². The van der Waals surface area contributed by atoms with E-state index in [4.69, 9.17) is 16.3 Å². The topological polar surface area (TPSA) is 65.9 Å². The Labute approximate surface area is 233 Å². The molecule has 1 N–H and O–H groups in total. The first kappa shape index (κ1) is 25.9. The molecular formula is C30H36ClN3O3S. The molecular weight excluding hydrogens is 518 g/mol. The Morgan fingerprint density at radius 2 is 2.05 bits per heavy atom. The van der Waals surface area contributed by atoms with Crippen LogP contribution in [-0.4, -0.2) is 51.4 Å². The summed E-state index contributed by atoms with van der Waals surface area (Å²) in [7, 11) is 0. The van der Waals surface area contributed by atoms with Crippen molar-refractivity contribution in [1.29, 1.82) is 0 Å². The average Bonchev–Trinajstić information content (AvgIpc) is 3.60. The van der Waals surface area contributed by atoms with Crippen LogP contribution in [0.4, 0.5) is 10.5 Å². The fourth-order valence-corrected chi connectivity index (χ4v) is 8.18. The maximum Gasteiger partial charge on any atom is 0.410 e. The lowest BCUT2D eigenvalue weighted by Crippen LogP contribution is -2.49.